The first-order chi connectivity index (χ1) is 6.65. The molecule has 2 nitrogen and oxygen atoms in total. The second-order valence-corrected chi connectivity index (χ2v) is 2.85. The molecule has 3 heteroatoms. The Bertz CT molecular complexity index is 306. The number of aliphatic hydroxyl groups is 1. The highest BCUT2D eigenvalue weighted by Gasteiger charge is 2.10. The maximum absolute atomic E-state index is 12.6. The average Bonchev–Trinajstić information content (AvgIpc) is 2.18. The molecule has 1 unspecified atom stereocenters. The van der Waals surface area contributed by atoms with E-state index < -0.39 is 11.9 Å². The minimum absolute atomic E-state index is 0.473. The zero-order chi connectivity index (χ0) is 10.6. The molecule has 1 atom stereocenters. The predicted octanol–water partition coefficient (Wildman–Crippen LogP) is 2.60. The van der Waals surface area contributed by atoms with E-state index in [4.69, 9.17) is 4.74 Å². The third kappa shape index (κ3) is 2.57. The normalized spacial score (nSPS) is 12.2. The Balaban J connectivity index is 2.77. The summed E-state index contributed by atoms with van der Waals surface area (Å²) in [5.41, 5.74) is 0.473. The van der Waals surface area contributed by atoms with E-state index >= 15 is 0 Å². The molecule has 0 aromatic heterocycles. The highest BCUT2D eigenvalue weighted by molar-refractivity contribution is 5.30. The van der Waals surface area contributed by atoms with E-state index in [-0.39, 0.29) is 0 Å². The van der Waals surface area contributed by atoms with Gasteiger partial charge < -0.3 is 9.84 Å². The molecule has 1 rings (SSSR count). The van der Waals surface area contributed by atoms with E-state index in [0.29, 0.717) is 17.9 Å². The Morgan fingerprint density at radius 2 is 2.07 bits per heavy atom. The molecule has 0 aliphatic rings. The SMILES string of the molecule is C=C(F)C(O)c1ccc(OCC)cc1. The van der Waals surface area contributed by atoms with Gasteiger partial charge in [-0.15, -0.1) is 0 Å². The second-order valence-electron chi connectivity index (χ2n) is 2.85. The summed E-state index contributed by atoms with van der Waals surface area (Å²) in [6.07, 6.45) is -1.24. The zero-order valence-electron chi connectivity index (χ0n) is 8.03. The molecule has 0 bridgehead atoms. The highest BCUT2D eigenvalue weighted by Crippen LogP contribution is 2.23. The molecule has 0 fully saturated rings. The molecule has 0 aliphatic carbocycles. The molecule has 0 saturated heterocycles. The van der Waals surface area contributed by atoms with Crippen molar-refractivity contribution in [2.45, 2.75) is 13.0 Å². The van der Waals surface area contributed by atoms with Gasteiger partial charge in [-0.05, 0) is 24.6 Å². The van der Waals surface area contributed by atoms with E-state index in [1.54, 1.807) is 24.3 Å². The summed E-state index contributed by atoms with van der Waals surface area (Å²) < 4.78 is 17.8. The van der Waals surface area contributed by atoms with Crippen LogP contribution in [0.3, 0.4) is 0 Å². The van der Waals surface area contributed by atoms with Gasteiger partial charge in [0.1, 0.15) is 17.7 Å². The number of rotatable bonds is 4. The zero-order valence-corrected chi connectivity index (χ0v) is 8.03. The number of hydrogen-bond donors (Lipinski definition) is 1. The maximum atomic E-state index is 12.6. The van der Waals surface area contributed by atoms with Crippen molar-refractivity contribution in [1.82, 2.24) is 0 Å². The van der Waals surface area contributed by atoms with Crippen molar-refractivity contribution >= 4 is 0 Å². The van der Waals surface area contributed by atoms with Crippen LogP contribution < -0.4 is 4.74 Å². The minimum Gasteiger partial charge on any atom is -0.494 e. The molecule has 1 N–H and O–H groups in total. The van der Waals surface area contributed by atoms with Crippen molar-refractivity contribution in [2.24, 2.45) is 0 Å². The largest absolute Gasteiger partial charge is 0.494 e. The summed E-state index contributed by atoms with van der Waals surface area (Å²) in [7, 11) is 0. The van der Waals surface area contributed by atoms with Crippen molar-refractivity contribution in [3.8, 4) is 5.75 Å². The lowest BCUT2D eigenvalue weighted by Gasteiger charge is -2.08. The Hall–Kier alpha value is -1.35. The second kappa shape index (κ2) is 4.77. The van der Waals surface area contributed by atoms with Gasteiger partial charge in [-0.3, -0.25) is 0 Å². The molecule has 0 spiro atoms. The van der Waals surface area contributed by atoms with Gasteiger partial charge in [0.05, 0.1) is 6.61 Å². The fraction of sp³-hybridized carbons (Fsp3) is 0.273. The summed E-state index contributed by atoms with van der Waals surface area (Å²) in [6, 6.07) is 6.59. The number of halogens is 1. The Kier molecular flexibility index (Phi) is 3.65. The van der Waals surface area contributed by atoms with Crippen LogP contribution in [0.1, 0.15) is 18.6 Å². The summed E-state index contributed by atoms with van der Waals surface area (Å²) in [6.45, 7) is 5.50. The summed E-state index contributed by atoms with van der Waals surface area (Å²) in [4.78, 5) is 0. The van der Waals surface area contributed by atoms with E-state index in [9.17, 15) is 9.50 Å². The molecule has 76 valence electrons. The van der Waals surface area contributed by atoms with Crippen molar-refractivity contribution in [3.63, 3.8) is 0 Å². The van der Waals surface area contributed by atoms with Crippen LogP contribution in [0.5, 0.6) is 5.75 Å². The molecule has 0 radical (unpaired) electrons. The fourth-order valence-electron chi connectivity index (χ4n) is 1.09. The fourth-order valence-corrected chi connectivity index (χ4v) is 1.09. The van der Waals surface area contributed by atoms with E-state index in [2.05, 4.69) is 6.58 Å². The lowest BCUT2D eigenvalue weighted by atomic mass is 10.1. The van der Waals surface area contributed by atoms with Crippen LogP contribution in [0.2, 0.25) is 0 Å². The summed E-state index contributed by atoms with van der Waals surface area (Å²) >= 11 is 0. The van der Waals surface area contributed by atoms with Gasteiger partial charge in [0, 0.05) is 0 Å². The third-order valence-corrected chi connectivity index (χ3v) is 1.80. The first kappa shape index (κ1) is 10.7. The lowest BCUT2D eigenvalue weighted by molar-refractivity contribution is 0.187. The van der Waals surface area contributed by atoms with Crippen LogP contribution in [-0.2, 0) is 0 Å². The van der Waals surface area contributed by atoms with Gasteiger partial charge in [-0.1, -0.05) is 18.7 Å². The maximum Gasteiger partial charge on any atom is 0.130 e. The standard InChI is InChI=1S/C11H13FO2/c1-3-14-10-6-4-9(5-7-10)11(13)8(2)12/h4-7,11,13H,2-3H2,1H3. The van der Waals surface area contributed by atoms with Gasteiger partial charge in [-0.25, -0.2) is 4.39 Å². The van der Waals surface area contributed by atoms with Crippen molar-refractivity contribution in [1.29, 1.82) is 0 Å². The third-order valence-electron chi connectivity index (χ3n) is 1.80. The number of benzene rings is 1. The monoisotopic (exact) mass is 196 g/mol. The Labute approximate surface area is 82.6 Å². The topological polar surface area (TPSA) is 29.5 Å². The van der Waals surface area contributed by atoms with Crippen molar-refractivity contribution < 1.29 is 14.2 Å². The first-order valence-corrected chi connectivity index (χ1v) is 4.40. The molecular weight excluding hydrogens is 183 g/mol. The van der Waals surface area contributed by atoms with Gasteiger partial charge in [0.25, 0.3) is 0 Å². The molecule has 0 aliphatic heterocycles. The van der Waals surface area contributed by atoms with Crippen LogP contribution in [0.15, 0.2) is 36.7 Å². The smallest absolute Gasteiger partial charge is 0.130 e. The minimum atomic E-state index is -1.24. The van der Waals surface area contributed by atoms with Gasteiger partial charge in [-0.2, -0.15) is 0 Å². The van der Waals surface area contributed by atoms with Crippen LogP contribution in [0.25, 0.3) is 0 Å². The Morgan fingerprint density at radius 1 is 1.50 bits per heavy atom. The molecule has 1 aromatic carbocycles. The number of ether oxygens (including phenoxy) is 1. The van der Waals surface area contributed by atoms with Crippen LogP contribution in [0.4, 0.5) is 4.39 Å². The molecule has 0 saturated carbocycles. The lowest BCUT2D eigenvalue weighted by Crippen LogP contribution is -1.97. The highest BCUT2D eigenvalue weighted by atomic mass is 19.1. The number of aliphatic hydroxyl groups excluding tert-OH is 1. The van der Waals surface area contributed by atoms with Crippen molar-refractivity contribution in [2.75, 3.05) is 6.61 Å². The first-order valence-electron chi connectivity index (χ1n) is 4.40. The summed E-state index contributed by atoms with van der Waals surface area (Å²) in [5, 5.41) is 9.30. The molecule has 0 amide bonds. The quantitative estimate of drug-likeness (QED) is 0.802. The Morgan fingerprint density at radius 3 is 2.50 bits per heavy atom. The van der Waals surface area contributed by atoms with Gasteiger partial charge >= 0.3 is 0 Å². The average molecular weight is 196 g/mol. The molecule has 1 aromatic rings. The molecular formula is C11H13FO2. The van der Waals surface area contributed by atoms with Gasteiger partial charge in [0.2, 0.25) is 0 Å². The molecule has 0 heterocycles. The van der Waals surface area contributed by atoms with Crippen LogP contribution >= 0.6 is 0 Å². The van der Waals surface area contributed by atoms with Gasteiger partial charge in [0.15, 0.2) is 0 Å². The van der Waals surface area contributed by atoms with Crippen molar-refractivity contribution in [3.05, 3.63) is 42.2 Å². The van der Waals surface area contributed by atoms with E-state index in [1.807, 2.05) is 6.92 Å². The van der Waals surface area contributed by atoms with Crippen LogP contribution in [0, 0.1) is 0 Å². The number of hydrogen-bond acceptors (Lipinski definition) is 2. The predicted molar refractivity (Wildman–Crippen MR) is 52.8 cm³/mol. The molecule has 14 heavy (non-hydrogen) atoms. The van der Waals surface area contributed by atoms with E-state index in [1.165, 1.54) is 0 Å². The van der Waals surface area contributed by atoms with E-state index in [0.717, 1.165) is 0 Å². The van der Waals surface area contributed by atoms with Crippen LogP contribution in [-0.4, -0.2) is 11.7 Å². The summed E-state index contributed by atoms with van der Waals surface area (Å²) in [5.74, 6) is -0.0536.